The van der Waals surface area contributed by atoms with Crippen LogP contribution in [0.5, 0.6) is 0 Å². The molecule has 1 aliphatic carbocycles. The fourth-order valence-corrected chi connectivity index (χ4v) is 3.05. The zero-order valence-electron chi connectivity index (χ0n) is 11.6. The number of rotatable bonds is 3. The van der Waals surface area contributed by atoms with E-state index in [9.17, 15) is 5.11 Å². The van der Waals surface area contributed by atoms with E-state index in [1.54, 1.807) is 0 Å². The molecule has 1 aromatic heterocycles. The second-order valence-electron chi connectivity index (χ2n) is 5.82. The molecule has 1 aromatic rings. The number of aromatic nitrogens is 1. The number of hydrogen-bond donors (Lipinski definition) is 1. The molecule has 0 saturated carbocycles. The summed E-state index contributed by atoms with van der Waals surface area (Å²) >= 11 is 0. The van der Waals surface area contributed by atoms with Gasteiger partial charge in [0.25, 0.3) is 0 Å². The van der Waals surface area contributed by atoms with Gasteiger partial charge in [-0.1, -0.05) is 6.07 Å². The van der Waals surface area contributed by atoms with E-state index in [1.165, 1.54) is 17.7 Å². The number of likely N-dealkylation sites (N-methyl/N-ethyl adjacent to an activating group) is 1. The average Bonchev–Trinajstić information content (AvgIpc) is 2.86. The van der Waals surface area contributed by atoms with Gasteiger partial charge < -0.3 is 14.7 Å². The van der Waals surface area contributed by atoms with Gasteiger partial charge in [-0.3, -0.25) is 0 Å². The van der Waals surface area contributed by atoms with Gasteiger partial charge in [0.1, 0.15) is 5.82 Å². The Morgan fingerprint density at radius 3 is 2.89 bits per heavy atom. The molecule has 0 unspecified atom stereocenters. The van der Waals surface area contributed by atoms with Crippen molar-refractivity contribution in [3.63, 3.8) is 0 Å². The summed E-state index contributed by atoms with van der Waals surface area (Å²) in [5, 5.41) is 10.5. The van der Waals surface area contributed by atoms with Gasteiger partial charge in [-0.25, -0.2) is 4.98 Å². The SMILES string of the molecule is CN(CC1(O)CCOCC1)c1ccc2c(n1)CCC2. The lowest BCUT2D eigenvalue weighted by atomic mass is 9.94. The first-order chi connectivity index (χ1) is 9.16. The third-order valence-corrected chi connectivity index (χ3v) is 4.26. The fraction of sp³-hybridized carbons (Fsp3) is 0.667. The van der Waals surface area contributed by atoms with Crippen molar-refractivity contribution in [3.05, 3.63) is 23.4 Å². The zero-order chi connectivity index (χ0) is 13.3. The van der Waals surface area contributed by atoms with Crippen molar-refractivity contribution in [2.45, 2.75) is 37.7 Å². The maximum absolute atomic E-state index is 10.5. The molecule has 0 amide bonds. The Morgan fingerprint density at radius 2 is 2.11 bits per heavy atom. The summed E-state index contributed by atoms with van der Waals surface area (Å²) < 4.78 is 5.32. The summed E-state index contributed by atoms with van der Waals surface area (Å²) in [5.74, 6) is 0.973. The van der Waals surface area contributed by atoms with E-state index in [4.69, 9.17) is 9.72 Å². The topological polar surface area (TPSA) is 45.6 Å². The lowest BCUT2D eigenvalue weighted by Crippen LogP contribution is -2.46. The van der Waals surface area contributed by atoms with Crippen LogP contribution >= 0.6 is 0 Å². The molecule has 3 rings (SSSR count). The molecule has 1 aliphatic heterocycles. The molecule has 2 aliphatic rings. The molecule has 19 heavy (non-hydrogen) atoms. The minimum absolute atomic E-state index is 0.627. The molecule has 0 atom stereocenters. The predicted molar refractivity (Wildman–Crippen MR) is 74.5 cm³/mol. The summed E-state index contributed by atoms with van der Waals surface area (Å²) in [6.45, 7) is 1.94. The van der Waals surface area contributed by atoms with Gasteiger partial charge in [-0.05, 0) is 30.9 Å². The van der Waals surface area contributed by atoms with Crippen molar-refractivity contribution in [2.75, 3.05) is 31.7 Å². The van der Waals surface area contributed by atoms with Gasteiger partial charge in [-0.2, -0.15) is 0 Å². The highest BCUT2D eigenvalue weighted by Gasteiger charge is 2.31. The van der Waals surface area contributed by atoms with Crippen LogP contribution in [0.3, 0.4) is 0 Å². The molecule has 104 valence electrons. The molecule has 4 nitrogen and oxygen atoms in total. The molecule has 0 spiro atoms. The quantitative estimate of drug-likeness (QED) is 0.897. The van der Waals surface area contributed by atoms with Gasteiger partial charge in [0, 0.05) is 45.3 Å². The molecule has 0 aromatic carbocycles. The van der Waals surface area contributed by atoms with Crippen LogP contribution < -0.4 is 4.90 Å². The van der Waals surface area contributed by atoms with E-state index < -0.39 is 5.60 Å². The minimum atomic E-state index is -0.631. The second kappa shape index (κ2) is 5.10. The molecule has 0 radical (unpaired) electrons. The van der Waals surface area contributed by atoms with Gasteiger partial charge in [-0.15, -0.1) is 0 Å². The second-order valence-corrected chi connectivity index (χ2v) is 5.82. The Morgan fingerprint density at radius 1 is 1.32 bits per heavy atom. The number of aliphatic hydroxyl groups is 1. The summed E-state index contributed by atoms with van der Waals surface area (Å²) in [5.41, 5.74) is 2.00. The molecule has 0 bridgehead atoms. The van der Waals surface area contributed by atoms with Crippen LogP contribution in [0.4, 0.5) is 5.82 Å². The first-order valence-electron chi connectivity index (χ1n) is 7.16. The van der Waals surface area contributed by atoms with Crippen LogP contribution in [0.15, 0.2) is 12.1 Å². The first-order valence-corrected chi connectivity index (χ1v) is 7.16. The van der Waals surface area contributed by atoms with Crippen molar-refractivity contribution in [3.8, 4) is 0 Å². The number of pyridine rings is 1. The maximum Gasteiger partial charge on any atom is 0.128 e. The van der Waals surface area contributed by atoms with Crippen LogP contribution in [0.1, 0.15) is 30.5 Å². The number of ether oxygens (including phenoxy) is 1. The van der Waals surface area contributed by atoms with Crippen molar-refractivity contribution in [1.82, 2.24) is 4.98 Å². The average molecular weight is 262 g/mol. The van der Waals surface area contributed by atoms with Crippen LogP contribution in [-0.4, -0.2) is 42.5 Å². The lowest BCUT2D eigenvalue weighted by Gasteiger charge is -2.35. The van der Waals surface area contributed by atoms with Gasteiger partial charge in [0.05, 0.1) is 5.60 Å². The van der Waals surface area contributed by atoms with E-state index in [0.717, 1.165) is 18.7 Å². The standard InChI is InChI=1S/C15H22N2O2/c1-17(11-15(18)7-9-19-10-8-15)14-6-5-12-3-2-4-13(12)16-14/h5-6,18H,2-4,7-11H2,1H3. The van der Waals surface area contributed by atoms with E-state index >= 15 is 0 Å². The summed E-state index contributed by atoms with van der Waals surface area (Å²) in [7, 11) is 2.01. The van der Waals surface area contributed by atoms with Crippen molar-refractivity contribution in [2.24, 2.45) is 0 Å². The van der Waals surface area contributed by atoms with Crippen LogP contribution in [0.2, 0.25) is 0 Å². The molecule has 4 heteroatoms. The van der Waals surface area contributed by atoms with E-state index in [-0.39, 0.29) is 0 Å². The minimum Gasteiger partial charge on any atom is -0.388 e. The molecule has 1 N–H and O–H groups in total. The molecule has 1 fully saturated rings. The Bertz CT molecular complexity index is 455. The number of aryl methyl sites for hydroxylation is 2. The number of fused-ring (bicyclic) bond motifs is 1. The highest BCUT2D eigenvalue weighted by molar-refractivity contribution is 5.42. The summed E-state index contributed by atoms with van der Waals surface area (Å²) in [6.07, 6.45) is 4.89. The smallest absolute Gasteiger partial charge is 0.128 e. The third kappa shape index (κ3) is 2.74. The summed E-state index contributed by atoms with van der Waals surface area (Å²) in [6, 6.07) is 4.27. The maximum atomic E-state index is 10.5. The third-order valence-electron chi connectivity index (χ3n) is 4.26. The number of nitrogens with zero attached hydrogens (tertiary/aromatic N) is 2. The van der Waals surface area contributed by atoms with E-state index in [2.05, 4.69) is 17.0 Å². The van der Waals surface area contributed by atoms with Crippen LogP contribution in [0, 0.1) is 0 Å². The highest BCUT2D eigenvalue weighted by Crippen LogP contribution is 2.26. The van der Waals surface area contributed by atoms with Gasteiger partial charge >= 0.3 is 0 Å². The van der Waals surface area contributed by atoms with Crippen molar-refractivity contribution >= 4 is 5.82 Å². The van der Waals surface area contributed by atoms with E-state index in [1.807, 2.05) is 7.05 Å². The number of hydrogen-bond acceptors (Lipinski definition) is 4. The van der Waals surface area contributed by atoms with Gasteiger partial charge in [0.15, 0.2) is 0 Å². The van der Waals surface area contributed by atoms with Crippen molar-refractivity contribution < 1.29 is 9.84 Å². The predicted octanol–water partition coefficient (Wildman–Crippen LogP) is 1.55. The Balaban J connectivity index is 1.71. The number of anilines is 1. The monoisotopic (exact) mass is 262 g/mol. The lowest BCUT2D eigenvalue weighted by molar-refractivity contribution is -0.0573. The molecular formula is C15H22N2O2. The Hall–Kier alpha value is -1.13. The first kappa shape index (κ1) is 12.9. The Labute approximate surface area is 114 Å². The fourth-order valence-electron chi connectivity index (χ4n) is 3.05. The summed E-state index contributed by atoms with van der Waals surface area (Å²) in [4.78, 5) is 6.81. The zero-order valence-corrected chi connectivity index (χ0v) is 11.6. The molecule has 2 heterocycles. The molecular weight excluding hydrogens is 240 g/mol. The largest absolute Gasteiger partial charge is 0.388 e. The van der Waals surface area contributed by atoms with E-state index in [0.29, 0.717) is 32.6 Å². The van der Waals surface area contributed by atoms with Crippen LogP contribution in [-0.2, 0) is 17.6 Å². The Kier molecular flexibility index (Phi) is 3.46. The molecule has 1 saturated heterocycles. The van der Waals surface area contributed by atoms with Gasteiger partial charge in [0.2, 0.25) is 0 Å². The highest BCUT2D eigenvalue weighted by atomic mass is 16.5. The normalized spacial score (nSPS) is 21.2. The van der Waals surface area contributed by atoms with Crippen molar-refractivity contribution in [1.29, 1.82) is 0 Å². The van der Waals surface area contributed by atoms with Crippen LogP contribution in [0.25, 0.3) is 0 Å².